The van der Waals surface area contributed by atoms with Gasteiger partial charge in [0.1, 0.15) is 6.54 Å². The van der Waals surface area contributed by atoms with Crippen LogP contribution < -0.4 is 10.2 Å². The van der Waals surface area contributed by atoms with Gasteiger partial charge in [-0.15, -0.1) is 0 Å². The van der Waals surface area contributed by atoms with Crippen LogP contribution in [0.2, 0.25) is 10.0 Å². The zero-order chi connectivity index (χ0) is 25.8. The standard InChI is InChI=1S/C27H23Cl2N3O4/c1-16(13-17-11-12-20(28)21(29)14-17)26(35)31-25-27(36)32(15-23(33)34)22-10-6-5-9-19(22)24(30-25)18-7-3-2-4-8-18/h2-12,14,16,25H,13,15H2,1H3,(H,31,35)(H,33,34). The SMILES string of the molecule is CC(Cc1ccc(Cl)c(Cl)c1)C(=O)NC1N=C(c2ccccc2)c2ccccc2N(CC(=O)O)C1=O. The Labute approximate surface area is 218 Å². The summed E-state index contributed by atoms with van der Waals surface area (Å²) < 4.78 is 0. The van der Waals surface area contributed by atoms with Gasteiger partial charge in [-0.2, -0.15) is 0 Å². The van der Waals surface area contributed by atoms with Crippen molar-refractivity contribution in [3.8, 4) is 0 Å². The van der Waals surface area contributed by atoms with Crippen LogP contribution in [0.4, 0.5) is 5.69 Å². The van der Waals surface area contributed by atoms with E-state index in [0.29, 0.717) is 33.4 Å². The van der Waals surface area contributed by atoms with Crippen LogP contribution in [0.3, 0.4) is 0 Å². The van der Waals surface area contributed by atoms with Crippen LogP contribution in [0.1, 0.15) is 23.6 Å². The molecule has 7 nitrogen and oxygen atoms in total. The first-order chi connectivity index (χ1) is 17.2. The first kappa shape index (κ1) is 25.4. The average Bonchev–Trinajstić information content (AvgIpc) is 2.97. The number of carboxylic acids is 1. The molecule has 4 rings (SSSR count). The lowest BCUT2D eigenvalue weighted by molar-refractivity contribution is -0.137. The number of hydrogen-bond acceptors (Lipinski definition) is 4. The summed E-state index contributed by atoms with van der Waals surface area (Å²) in [5.41, 5.74) is 3.03. The number of carboxylic acid groups (broad SMARTS) is 1. The largest absolute Gasteiger partial charge is 0.480 e. The van der Waals surface area contributed by atoms with Crippen molar-refractivity contribution in [3.63, 3.8) is 0 Å². The number of halogens is 2. The molecule has 2 unspecified atom stereocenters. The van der Waals surface area contributed by atoms with E-state index in [9.17, 15) is 19.5 Å². The van der Waals surface area contributed by atoms with Crippen molar-refractivity contribution in [2.75, 3.05) is 11.4 Å². The van der Waals surface area contributed by atoms with Crippen LogP contribution in [0.25, 0.3) is 0 Å². The minimum Gasteiger partial charge on any atom is -0.480 e. The van der Waals surface area contributed by atoms with E-state index < -0.39 is 36.4 Å². The van der Waals surface area contributed by atoms with Crippen LogP contribution in [-0.4, -0.2) is 41.3 Å². The molecule has 36 heavy (non-hydrogen) atoms. The van der Waals surface area contributed by atoms with Crippen LogP contribution in [0.5, 0.6) is 0 Å². The molecule has 0 aliphatic carbocycles. The predicted octanol–water partition coefficient (Wildman–Crippen LogP) is 4.58. The Kier molecular flexibility index (Phi) is 7.72. The van der Waals surface area contributed by atoms with Crippen molar-refractivity contribution < 1.29 is 19.5 Å². The maximum Gasteiger partial charge on any atom is 0.323 e. The highest BCUT2D eigenvalue weighted by atomic mass is 35.5. The summed E-state index contributed by atoms with van der Waals surface area (Å²) in [4.78, 5) is 44.1. The lowest BCUT2D eigenvalue weighted by Gasteiger charge is -2.24. The molecule has 0 saturated heterocycles. The van der Waals surface area contributed by atoms with Crippen molar-refractivity contribution >= 4 is 52.4 Å². The van der Waals surface area contributed by atoms with Gasteiger partial charge in [-0.05, 0) is 30.2 Å². The Bertz CT molecular complexity index is 1340. The van der Waals surface area contributed by atoms with Crippen LogP contribution in [0, 0.1) is 5.92 Å². The summed E-state index contributed by atoms with van der Waals surface area (Å²) in [5, 5.41) is 13.0. The number of carbonyl (C=O) groups excluding carboxylic acids is 2. The van der Waals surface area contributed by atoms with Crippen molar-refractivity contribution in [3.05, 3.63) is 99.5 Å². The number of hydrogen-bond donors (Lipinski definition) is 2. The first-order valence-electron chi connectivity index (χ1n) is 11.2. The number of aliphatic carboxylic acids is 1. The number of aliphatic imine (C=N–C) groups is 1. The minimum atomic E-state index is -1.31. The maximum absolute atomic E-state index is 13.5. The van der Waals surface area contributed by atoms with E-state index in [1.54, 1.807) is 49.4 Å². The fraction of sp³-hybridized carbons (Fsp3) is 0.185. The molecule has 1 heterocycles. The second-order valence-electron chi connectivity index (χ2n) is 8.44. The highest BCUT2D eigenvalue weighted by molar-refractivity contribution is 6.42. The van der Waals surface area contributed by atoms with Gasteiger partial charge in [0.05, 0.1) is 21.4 Å². The molecule has 0 fully saturated rings. The summed E-state index contributed by atoms with van der Waals surface area (Å²) in [6, 6.07) is 21.3. The van der Waals surface area contributed by atoms with Gasteiger partial charge in [0.25, 0.3) is 5.91 Å². The summed E-state index contributed by atoms with van der Waals surface area (Å²) in [6.45, 7) is 1.16. The molecule has 2 N–H and O–H groups in total. The smallest absolute Gasteiger partial charge is 0.323 e. The van der Waals surface area contributed by atoms with E-state index >= 15 is 0 Å². The van der Waals surface area contributed by atoms with Crippen LogP contribution in [0.15, 0.2) is 77.8 Å². The number of rotatable bonds is 7. The summed E-state index contributed by atoms with van der Waals surface area (Å²) in [7, 11) is 0. The molecule has 0 bridgehead atoms. The minimum absolute atomic E-state index is 0.359. The monoisotopic (exact) mass is 523 g/mol. The van der Waals surface area contributed by atoms with E-state index in [-0.39, 0.29) is 0 Å². The van der Waals surface area contributed by atoms with Gasteiger partial charge in [0.15, 0.2) is 0 Å². The number of nitrogens with zero attached hydrogens (tertiary/aromatic N) is 2. The quantitative estimate of drug-likeness (QED) is 0.473. The number of para-hydroxylation sites is 1. The van der Waals surface area contributed by atoms with Crippen molar-refractivity contribution in [1.29, 1.82) is 0 Å². The number of benzodiazepines with no additional fused rings is 1. The highest BCUT2D eigenvalue weighted by Crippen LogP contribution is 2.28. The molecule has 1 aliphatic heterocycles. The Morgan fingerprint density at radius 3 is 2.42 bits per heavy atom. The Hall–Kier alpha value is -3.68. The average molecular weight is 524 g/mol. The van der Waals surface area contributed by atoms with Gasteiger partial charge >= 0.3 is 5.97 Å². The second kappa shape index (κ2) is 10.9. The normalized spacial score (nSPS) is 16.0. The Balaban J connectivity index is 1.68. The number of carbonyl (C=O) groups is 3. The third-order valence-electron chi connectivity index (χ3n) is 5.80. The lowest BCUT2D eigenvalue weighted by atomic mass is 10.00. The molecular formula is C27H23Cl2N3O4. The van der Waals surface area contributed by atoms with Gasteiger partial charge < -0.3 is 10.4 Å². The molecule has 3 aromatic carbocycles. The zero-order valence-electron chi connectivity index (χ0n) is 19.3. The Morgan fingerprint density at radius 2 is 1.72 bits per heavy atom. The van der Waals surface area contributed by atoms with E-state index in [2.05, 4.69) is 10.3 Å². The van der Waals surface area contributed by atoms with E-state index in [1.807, 2.05) is 30.3 Å². The topological polar surface area (TPSA) is 99.1 Å². The fourth-order valence-electron chi connectivity index (χ4n) is 4.04. The fourth-order valence-corrected chi connectivity index (χ4v) is 4.36. The number of amides is 2. The van der Waals surface area contributed by atoms with Gasteiger partial charge in [-0.1, -0.05) is 84.7 Å². The Morgan fingerprint density at radius 1 is 1.03 bits per heavy atom. The first-order valence-corrected chi connectivity index (χ1v) is 12.0. The third-order valence-corrected chi connectivity index (χ3v) is 6.54. The zero-order valence-corrected chi connectivity index (χ0v) is 20.8. The second-order valence-corrected chi connectivity index (χ2v) is 9.26. The number of nitrogens with one attached hydrogen (secondary N) is 1. The number of anilines is 1. The predicted molar refractivity (Wildman–Crippen MR) is 140 cm³/mol. The van der Waals surface area contributed by atoms with Crippen LogP contribution in [-0.2, 0) is 20.8 Å². The van der Waals surface area contributed by atoms with Crippen LogP contribution >= 0.6 is 23.2 Å². The van der Waals surface area contributed by atoms with Gasteiger partial charge in [-0.3, -0.25) is 19.3 Å². The van der Waals surface area contributed by atoms with E-state index in [4.69, 9.17) is 23.2 Å². The molecule has 0 saturated carbocycles. The molecule has 0 radical (unpaired) electrons. The van der Waals surface area contributed by atoms with E-state index in [1.165, 1.54) is 0 Å². The maximum atomic E-state index is 13.5. The van der Waals surface area contributed by atoms with Crippen molar-refractivity contribution in [2.24, 2.45) is 10.9 Å². The summed E-state index contributed by atoms with van der Waals surface area (Å²) >= 11 is 12.1. The lowest BCUT2D eigenvalue weighted by Crippen LogP contribution is -2.50. The molecule has 3 aromatic rings. The summed E-state index contributed by atoms with van der Waals surface area (Å²) in [5.74, 6) is -2.74. The molecule has 0 aromatic heterocycles. The molecule has 184 valence electrons. The van der Waals surface area contributed by atoms with Gasteiger partial charge in [0, 0.05) is 17.0 Å². The molecule has 1 aliphatic rings. The van der Waals surface area contributed by atoms with Gasteiger partial charge in [0.2, 0.25) is 12.1 Å². The van der Waals surface area contributed by atoms with Crippen molar-refractivity contribution in [2.45, 2.75) is 19.5 Å². The number of benzene rings is 3. The molecule has 9 heteroatoms. The molecule has 2 atom stereocenters. The van der Waals surface area contributed by atoms with E-state index in [0.717, 1.165) is 16.0 Å². The third kappa shape index (κ3) is 5.58. The highest BCUT2D eigenvalue weighted by Gasteiger charge is 2.34. The molecule has 2 amide bonds. The van der Waals surface area contributed by atoms with Crippen molar-refractivity contribution in [1.82, 2.24) is 5.32 Å². The molecular weight excluding hydrogens is 501 g/mol. The molecule has 0 spiro atoms. The van der Waals surface area contributed by atoms with Gasteiger partial charge in [-0.25, -0.2) is 4.99 Å². The number of fused-ring (bicyclic) bond motifs is 1. The summed E-state index contributed by atoms with van der Waals surface area (Å²) in [6.07, 6.45) is -0.950.